The molecule has 0 fully saturated rings. The van der Waals surface area contributed by atoms with Gasteiger partial charge in [0.05, 0.1) is 11.2 Å². The zero-order valence-corrected chi connectivity index (χ0v) is 11.2. The van der Waals surface area contributed by atoms with E-state index in [4.69, 9.17) is 0 Å². The maximum atomic E-state index is 12.2. The molecule has 3 rings (SSSR count). The van der Waals surface area contributed by atoms with Crippen LogP contribution in [-0.4, -0.2) is 15.8 Å². The molecule has 0 aliphatic rings. The maximum absolute atomic E-state index is 12.2. The summed E-state index contributed by atoms with van der Waals surface area (Å²) in [5.41, 5.74) is 2.75. The lowest BCUT2D eigenvalue weighted by molar-refractivity contribution is 0.240. The van der Waals surface area contributed by atoms with Crippen molar-refractivity contribution in [2.24, 2.45) is 0 Å². The van der Waals surface area contributed by atoms with Gasteiger partial charge in [0.25, 0.3) is 0 Å². The lowest BCUT2D eigenvalue weighted by Crippen LogP contribution is -2.28. The highest BCUT2D eigenvalue weighted by Crippen LogP contribution is 2.17. The molecule has 0 atom stereocenters. The Morgan fingerprint density at radius 3 is 2.60 bits per heavy atom. The zero-order valence-electron chi connectivity index (χ0n) is 11.2. The Morgan fingerprint density at radius 1 is 1.10 bits per heavy atom. The van der Waals surface area contributed by atoms with Crippen LogP contribution in [0.4, 0.5) is 4.79 Å². The van der Waals surface area contributed by atoms with Crippen molar-refractivity contribution in [2.75, 3.05) is 0 Å². The van der Waals surface area contributed by atoms with Crippen molar-refractivity contribution in [3.05, 3.63) is 65.9 Å². The zero-order chi connectivity index (χ0) is 13.9. The number of para-hydroxylation sites is 1. The summed E-state index contributed by atoms with van der Waals surface area (Å²) in [5, 5.41) is 8.19. The number of aryl methyl sites for hydroxylation is 1. The van der Waals surface area contributed by atoms with Crippen molar-refractivity contribution in [3.63, 3.8) is 0 Å². The molecule has 0 saturated carbocycles. The summed E-state index contributed by atoms with van der Waals surface area (Å²) in [6.07, 6.45) is 0. The maximum Gasteiger partial charge on any atom is 0.342 e. The smallest absolute Gasteiger partial charge is 0.332 e. The molecule has 3 aromatic rings. The molecule has 1 heterocycles. The molecular formula is C16H15N3O. The van der Waals surface area contributed by atoms with E-state index in [-0.39, 0.29) is 6.03 Å². The molecule has 100 valence electrons. The Bertz CT molecular complexity index is 747. The number of carbonyl (C=O) groups is 1. The Balaban J connectivity index is 1.83. The molecule has 0 saturated heterocycles. The van der Waals surface area contributed by atoms with Crippen LogP contribution >= 0.6 is 0 Å². The number of hydrogen-bond donors (Lipinski definition) is 1. The molecule has 20 heavy (non-hydrogen) atoms. The molecule has 4 nitrogen and oxygen atoms in total. The van der Waals surface area contributed by atoms with E-state index in [0.29, 0.717) is 6.54 Å². The Kier molecular flexibility index (Phi) is 3.21. The molecule has 1 N–H and O–H groups in total. The van der Waals surface area contributed by atoms with Crippen LogP contribution in [0.25, 0.3) is 10.9 Å². The number of fused-ring (bicyclic) bond motifs is 1. The average Bonchev–Trinajstić information content (AvgIpc) is 2.84. The molecule has 1 aromatic heterocycles. The molecule has 0 unspecified atom stereocenters. The number of carbonyl (C=O) groups excluding carboxylic acids is 1. The highest BCUT2D eigenvalue weighted by molar-refractivity contribution is 5.91. The predicted octanol–water partition coefficient (Wildman–Crippen LogP) is 3.10. The SMILES string of the molecule is Cc1nn(C(=O)NCc2ccccc2)c2ccccc12. The molecular weight excluding hydrogens is 250 g/mol. The average molecular weight is 265 g/mol. The van der Waals surface area contributed by atoms with E-state index in [9.17, 15) is 4.79 Å². The van der Waals surface area contributed by atoms with Gasteiger partial charge in [-0.1, -0.05) is 48.5 Å². The van der Waals surface area contributed by atoms with Gasteiger partial charge >= 0.3 is 6.03 Å². The fourth-order valence-electron chi connectivity index (χ4n) is 2.23. The highest BCUT2D eigenvalue weighted by atomic mass is 16.2. The number of nitrogens with zero attached hydrogens (tertiary/aromatic N) is 2. The monoisotopic (exact) mass is 265 g/mol. The summed E-state index contributed by atoms with van der Waals surface area (Å²) in [7, 11) is 0. The lowest BCUT2D eigenvalue weighted by atomic mass is 10.2. The van der Waals surface area contributed by atoms with E-state index in [0.717, 1.165) is 22.2 Å². The first-order chi connectivity index (χ1) is 9.75. The van der Waals surface area contributed by atoms with Gasteiger partial charge in [0.1, 0.15) is 0 Å². The first kappa shape index (κ1) is 12.4. The van der Waals surface area contributed by atoms with Crippen molar-refractivity contribution in [1.82, 2.24) is 15.1 Å². The lowest BCUT2D eigenvalue weighted by Gasteiger charge is -2.05. The van der Waals surface area contributed by atoms with Crippen molar-refractivity contribution >= 4 is 16.9 Å². The van der Waals surface area contributed by atoms with Crippen LogP contribution < -0.4 is 5.32 Å². The van der Waals surface area contributed by atoms with E-state index in [1.807, 2.05) is 61.5 Å². The van der Waals surface area contributed by atoms with E-state index < -0.39 is 0 Å². The largest absolute Gasteiger partial charge is 0.342 e. The molecule has 1 amide bonds. The van der Waals surface area contributed by atoms with Gasteiger partial charge in [0, 0.05) is 11.9 Å². The van der Waals surface area contributed by atoms with Crippen LogP contribution in [-0.2, 0) is 6.54 Å². The fourth-order valence-corrected chi connectivity index (χ4v) is 2.23. The number of aromatic nitrogens is 2. The van der Waals surface area contributed by atoms with Gasteiger partial charge in [-0.3, -0.25) is 0 Å². The van der Waals surface area contributed by atoms with Gasteiger partial charge < -0.3 is 5.32 Å². The topological polar surface area (TPSA) is 46.9 Å². The number of amides is 1. The number of benzene rings is 2. The molecule has 0 bridgehead atoms. The van der Waals surface area contributed by atoms with Crippen LogP contribution in [0.1, 0.15) is 11.3 Å². The predicted molar refractivity (Wildman–Crippen MR) is 78.5 cm³/mol. The molecule has 4 heteroatoms. The summed E-state index contributed by atoms with van der Waals surface area (Å²) < 4.78 is 1.42. The van der Waals surface area contributed by atoms with E-state index in [1.54, 1.807) is 0 Å². The fraction of sp³-hybridized carbons (Fsp3) is 0.125. The summed E-state index contributed by atoms with van der Waals surface area (Å²) in [6, 6.07) is 17.3. The van der Waals surface area contributed by atoms with Crippen LogP contribution in [0.2, 0.25) is 0 Å². The van der Waals surface area contributed by atoms with Crippen LogP contribution in [0.3, 0.4) is 0 Å². The first-order valence-corrected chi connectivity index (χ1v) is 6.52. The number of nitrogens with one attached hydrogen (secondary N) is 1. The Labute approximate surface area is 117 Å². The Morgan fingerprint density at radius 2 is 1.80 bits per heavy atom. The summed E-state index contributed by atoms with van der Waals surface area (Å²) in [5.74, 6) is 0. The van der Waals surface area contributed by atoms with Crippen molar-refractivity contribution in [2.45, 2.75) is 13.5 Å². The second-order valence-electron chi connectivity index (χ2n) is 4.66. The molecule has 0 spiro atoms. The molecule has 0 aliphatic heterocycles. The minimum atomic E-state index is -0.210. The molecule has 0 radical (unpaired) electrons. The van der Waals surface area contributed by atoms with Gasteiger partial charge in [0.15, 0.2) is 0 Å². The van der Waals surface area contributed by atoms with Gasteiger partial charge in [-0.05, 0) is 18.6 Å². The quantitative estimate of drug-likeness (QED) is 0.774. The van der Waals surface area contributed by atoms with Gasteiger partial charge in [-0.15, -0.1) is 0 Å². The van der Waals surface area contributed by atoms with Crippen LogP contribution in [0.5, 0.6) is 0 Å². The van der Waals surface area contributed by atoms with Gasteiger partial charge in [-0.2, -0.15) is 9.78 Å². The standard InChI is InChI=1S/C16H15N3O/c1-12-14-9-5-6-10-15(14)19(18-12)16(20)17-11-13-7-3-2-4-8-13/h2-10H,11H2,1H3,(H,17,20). The number of hydrogen-bond acceptors (Lipinski definition) is 2. The van der Waals surface area contributed by atoms with Crippen molar-refractivity contribution in [3.8, 4) is 0 Å². The van der Waals surface area contributed by atoms with E-state index in [1.165, 1.54) is 4.68 Å². The van der Waals surface area contributed by atoms with Crippen LogP contribution in [0, 0.1) is 6.92 Å². The Hall–Kier alpha value is -2.62. The first-order valence-electron chi connectivity index (χ1n) is 6.52. The second-order valence-corrected chi connectivity index (χ2v) is 4.66. The van der Waals surface area contributed by atoms with Crippen molar-refractivity contribution in [1.29, 1.82) is 0 Å². The normalized spacial score (nSPS) is 10.7. The molecule has 2 aromatic carbocycles. The number of rotatable bonds is 2. The van der Waals surface area contributed by atoms with Crippen molar-refractivity contribution < 1.29 is 4.79 Å². The third kappa shape index (κ3) is 2.28. The van der Waals surface area contributed by atoms with E-state index in [2.05, 4.69) is 10.4 Å². The van der Waals surface area contributed by atoms with Gasteiger partial charge in [-0.25, -0.2) is 4.79 Å². The van der Waals surface area contributed by atoms with Gasteiger partial charge in [0.2, 0.25) is 0 Å². The summed E-state index contributed by atoms with van der Waals surface area (Å²) in [4.78, 5) is 12.2. The third-order valence-electron chi connectivity index (χ3n) is 3.25. The second kappa shape index (κ2) is 5.17. The summed E-state index contributed by atoms with van der Waals surface area (Å²) in [6.45, 7) is 2.40. The minimum Gasteiger partial charge on any atom is -0.332 e. The summed E-state index contributed by atoms with van der Waals surface area (Å²) >= 11 is 0. The highest BCUT2D eigenvalue weighted by Gasteiger charge is 2.12. The van der Waals surface area contributed by atoms with Crippen LogP contribution in [0.15, 0.2) is 54.6 Å². The van der Waals surface area contributed by atoms with E-state index >= 15 is 0 Å². The minimum absolute atomic E-state index is 0.210. The molecule has 0 aliphatic carbocycles. The third-order valence-corrected chi connectivity index (χ3v) is 3.25.